The third kappa shape index (κ3) is 1.68. The van der Waals surface area contributed by atoms with Gasteiger partial charge in [-0.05, 0) is 11.6 Å². The molecule has 0 bridgehead atoms. The number of nitrogens with one attached hydrogen (secondary N) is 1. The number of hydrogen-bond acceptors (Lipinski definition) is 1. The first-order valence-corrected chi connectivity index (χ1v) is 5.93. The van der Waals surface area contributed by atoms with Gasteiger partial charge in [0.05, 0.1) is 0 Å². The van der Waals surface area contributed by atoms with Gasteiger partial charge < -0.3 is 9.78 Å². The molecule has 1 aromatic heterocycles. The van der Waals surface area contributed by atoms with Crippen LogP contribution in [0.25, 0.3) is 10.9 Å². The first kappa shape index (κ1) is 11.9. The van der Waals surface area contributed by atoms with Crippen molar-refractivity contribution in [2.24, 2.45) is 5.41 Å². The van der Waals surface area contributed by atoms with Crippen molar-refractivity contribution < 1.29 is 4.79 Å². The fourth-order valence-electron chi connectivity index (χ4n) is 2.08. The Bertz CT molecular complexity index is 549. The quantitative estimate of drug-likeness (QED) is 0.800. The van der Waals surface area contributed by atoms with Gasteiger partial charge in [0.15, 0.2) is 0 Å². The second-order valence-corrected chi connectivity index (χ2v) is 5.71. The highest BCUT2D eigenvalue weighted by Gasteiger charge is 2.39. The molecule has 17 heavy (non-hydrogen) atoms. The first-order valence-electron chi connectivity index (χ1n) is 5.93. The molecule has 0 saturated heterocycles. The van der Waals surface area contributed by atoms with E-state index in [4.69, 9.17) is 0 Å². The second kappa shape index (κ2) is 3.73. The van der Waals surface area contributed by atoms with Gasteiger partial charge in [-0.25, -0.2) is 0 Å². The van der Waals surface area contributed by atoms with Crippen LogP contribution in [0.5, 0.6) is 0 Å². The minimum absolute atomic E-state index is 0.200. The van der Waals surface area contributed by atoms with Gasteiger partial charge in [0.1, 0.15) is 6.29 Å². The summed E-state index contributed by atoms with van der Waals surface area (Å²) in [7, 11) is 0. The van der Waals surface area contributed by atoms with Crippen molar-refractivity contribution in [3.63, 3.8) is 0 Å². The number of benzene rings is 1. The Hall–Kier alpha value is -1.57. The van der Waals surface area contributed by atoms with Crippen molar-refractivity contribution in [1.82, 2.24) is 4.98 Å². The van der Waals surface area contributed by atoms with E-state index in [0.717, 1.165) is 11.8 Å². The van der Waals surface area contributed by atoms with Crippen molar-refractivity contribution in [2.75, 3.05) is 0 Å². The van der Waals surface area contributed by atoms with E-state index < -0.39 is 5.41 Å². The first-order chi connectivity index (χ1) is 7.90. The van der Waals surface area contributed by atoms with Gasteiger partial charge in [0.2, 0.25) is 0 Å². The Morgan fingerprint density at radius 2 is 1.76 bits per heavy atom. The molecule has 0 spiro atoms. The van der Waals surface area contributed by atoms with Gasteiger partial charge in [-0.2, -0.15) is 0 Å². The predicted molar refractivity (Wildman–Crippen MR) is 71.2 cm³/mol. The predicted octanol–water partition coefficient (Wildman–Crippen LogP) is 3.67. The maximum atomic E-state index is 11.3. The zero-order chi connectivity index (χ0) is 12.7. The van der Waals surface area contributed by atoms with E-state index >= 15 is 0 Å². The van der Waals surface area contributed by atoms with Crippen LogP contribution < -0.4 is 0 Å². The monoisotopic (exact) mass is 229 g/mol. The third-order valence-corrected chi connectivity index (χ3v) is 4.17. The van der Waals surface area contributed by atoms with Gasteiger partial charge >= 0.3 is 0 Å². The van der Waals surface area contributed by atoms with E-state index in [9.17, 15) is 4.79 Å². The van der Waals surface area contributed by atoms with Gasteiger partial charge in [-0.1, -0.05) is 45.9 Å². The number of aromatic amines is 1. The SMILES string of the molecule is CC(C)(C=O)C(C)(C)c1c[nH]c2ccccc12. The minimum atomic E-state index is -0.391. The van der Waals surface area contributed by atoms with Crippen LogP contribution in [-0.4, -0.2) is 11.3 Å². The van der Waals surface area contributed by atoms with Crippen LogP contribution in [0, 0.1) is 5.41 Å². The van der Waals surface area contributed by atoms with Crippen molar-refractivity contribution in [2.45, 2.75) is 33.1 Å². The van der Waals surface area contributed by atoms with Crippen LogP contribution in [0.15, 0.2) is 30.5 Å². The number of aromatic nitrogens is 1. The summed E-state index contributed by atoms with van der Waals surface area (Å²) in [5, 5.41) is 1.20. The Labute approximate surface area is 102 Å². The zero-order valence-electron chi connectivity index (χ0n) is 10.9. The largest absolute Gasteiger partial charge is 0.361 e. The summed E-state index contributed by atoms with van der Waals surface area (Å²) in [6.07, 6.45) is 3.07. The van der Waals surface area contributed by atoms with Gasteiger partial charge in [0.25, 0.3) is 0 Å². The highest BCUT2D eigenvalue weighted by molar-refractivity contribution is 5.85. The molecule has 0 fully saturated rings. The molecule has 1 heterocycles. The number of carbonyl (C=O) groups is 1. The number of fused-ring (bicyclic) bond motifs is 1. The third-order valence-electron chi connectivity index (χ3n) is 4.17. The topological polar surface area (TPSA) is 32.9 Å². The van der Waals surface area contributed by atoms with E-state index in [-0.39, 0.29) is 5.41 Å². The number of H-pyrrole nitrogens is 1. The zero-order valence-corrected chi connectivity index (χ0v) is 10.9. The molecule has 0 saturated carbocycles. The van der Waals surface area contributed by atoms with Gasteiger partial charge in [-0.15, -0.1) is 0 Å². The summed E-state index contributed by atoms with van der Waals surface area (Å²) in [5.74, 6) is 0. The molecule has 0 aliphatic rings. The summed E-state index contributed by atoms with van der Waals surface area (Å²) in [5.41, 5.74) is 1.73. The lowest BCUT2D eigenvalue weighted by Gasteiger charge is -2.37. The van der Waals surface area contributed by atoms with Crippen LogP contribution in [0.4, 0.5) is 0 Å². The molecule has 0 aliphatic carbocycles. The van der Waals surface area contributed by atoms with Crippen molar-refractivity contribution in [1.29, 1.82) is 0 Å². The molecule has 2 aromatic rings. The molecule has 90 valence electrons. The smallest absolute Gasteiger partial charge is 0.126 e. The number of hydrogen-bond donors (Lipinski definition) is 1. The average Bonchev–Trinajstić information content (AvgIpc) is 2.72. The lowest BCUT2D eigenvalue weighted by Crippen LogP contribution is -2.37. The van der Waals surface area contributed by atoms with Gasteiger partial charge in [0, 0.05) is 27.9 Å². The van der Waals surface area contributed by atoms with E-state index in [1.165, 1.54) is 10.9 Å². The van der Waals surface area contributed by atoms with E-state index in [0.29, 0.717) is 0 Å². The average molecular weight is 229 g/mol. The van der Waals surface area contributed by atoms with Crippen molar-refractivity contribution in [3.8, 4) is 0 Å². The van der Waals surface area contributed by atoms with Crippen LogP contribution >= 0.6 is 0 Å². The number of para-hydroxylation sites is 1. The summed E-state index contributed by atoms with van der Waals surface area (Å²) in [4.78, 5) is 14.6. The molecule has 0 amide bonds. The normalized spacial score (nSPS) is 12.9. The highest BCUT2D eigenvalue weighted by atomic mass is 16.1. The van der Waals surface area contributed by atoms with E-state index in [1.54, 1.807) is 0 Å². The fraction of sp³-hybridized carbons (Fsp3) is 0.400. The molecule has 0 unspecified atom stereocenters. The van der Waals surface area contributed by atoms with Crippen LogP contribution in [-0.2, 0) is 10.2 Å². The Kier molecular flexibility index (Phi) is 2.61. The molecule has 1 N–H and O–H groups in total. The Morgan fingerprint density at radius 3 is 2.41 bits per heavy atom. The molecule has 2 nitrogen and oxygen atoms in total. The Morgan fingerprint density at radius 1 is 1.12 bits per heavy atom. The van der Waals surface area contributed by atoms with Crippen molar-refractivity contribution in [3.05, 3.63) is 36.0 Å². The molecular formula is C15H19NO. The Balaban J connectivity index is 2.64. The van der Waals surface area contributed by atoms with Crippen LogP contribution in [0.2, 0.25) is 0 Å². The summed E-state index contributed by atoms with van der Waals surface area (Å²) >= 11 is 0. The molecule has 0 radical (unpaired) electrons. The molecule has 2 heteroatoms. The highest BCUT2D eigenvalue weighted by Crippen LogP contribution is 2.42. The standard InChI is InChI=1S/C15H19NO/c1-14(2,10-17)15(3,4)12-9-16-13-8-6-5-7-11(12)13/h5-10,16H,1-4H3. The van der Waals surface area contributed by atoms with E-state index in [2.05, 4.69) is 31.0 Å². The number of rotatable bonds is 3. The molecular weight excluding hydrogens is 210 g/mol. The maximum absolute atomic E-state index is 11.3. The number of carbonyl (C=O) groups excluding carboxylic acids is 1. The van der Waals surface area contributed by atoms with Crippen molar-refractivity contribution >= 4 is 17.2 Å². The van der Waals surface area contributed by atoms with Crippen LogP contribution in [0.3, 0.4) is 0 Å². The van der Waals surface area contributed by atoms with Crippen LogP contribution in [0.1, 0.15) is 33.3 Å². The van der Waals surface area contributed by atoms with Gasteiger partial charge in [-0.3, -0.25) is 0 Å². The molecule has 0 atom stereocenters. The summed E-state index contributed by atoms with van der Waals surface area (Å²) in [6.45, 7) is 8.22. The fourth-order valence-corrected chi connectivity index (χ4v) is 2.08. The molecule has 2 rings (SSSR count). The summed E-state index contributed by atoms with van der Waals surface area (Å²) < 4.78 is 0. The molecule has 0 aliphatic heterocycles. The minimum Gasteiger partial charge on any atom is -0.361 e. The molecule has 1 aromatic carbocycles. The summed E-state index contributed by atoms with van der Waals surface area (Å²) in [6, 6.07) is 8.21. The lowest BCUT2D eigenvalue weighted by atomic mass is 9.65. The number of aldehydes is 1. The van der Waals surface area contributed by atoms with E-state index in [1.807, 2.05) is 32.2 Å². The lowest BCUT2D eigenvalue weighted by molar-refractivity contribution is -0.117. The maximum Gasteiger partial charge on any atom is 0.126 e. The second-order valence-electron chi connectivity index (χ2n) is 5.71.